The predicted octanol–water partition coefficient (Wildman–Crippen LogP) is 0.127. The number of hydrogen-bond donors (Lipinski definition) is 2. The van der Waals surface area contributed by atoms with Gasteiger partial charge in [0.2, 0.25) is 5.91 Å². The van der Waals surface area contributed by atoms with Gasteiger partial charge in [0.25, 0.3) is 0 Å². The standard InChI is InChI=1S/C12H19N5O4/c1-7-9(10(19)21-12(2,3)4)15-16-17(7)6-5-8(18)14-11(13)20/h5-6H2,1-4H3,(H3,13,14,18,20). The Balaban J connectivity index is 2.70. The van der Waals surface area contributed by atoms with Crippen LogP contribution in [0.25, 0.3) is 0 Å². The van der Waals surface area contributed by atoms with Crippen LogP contribution in [0.15, 0.2) is 0 Å². The highest BCUT2D eigenvalue weighted by molar-refractivity contribution is 5.93. The summed E-state index contributed by atoms with van der Waals surface area (Å²) in [6, 6.07) is -0.912. The Kier molecular flexibility index (Phi) is 5.01. The molecule has 0 spiro atoms. The molecule has 1 aromatic rings. The van der Waals surface area contributed by atoms with Gasteiger partial charge in [0.15, 0.2) is 5.69 Å². The first-order chi connectivity index (χ1) is 9.60. The number of carbonyl (C=O) groups is 3. The molecule has 21 heavy (non-hydrogen) atoms. The van der Waals surface area contributed by atoms with E-state index >= 15 is 0 Å². The van der Waals surface area contributed by atoms with E-state index in [1.165, 1.54) is 4.68 Å². The molecule has 0 aliphatic rings. The Morgan fingerprint density at radius 2 is 1.95 bits per heavy atom. The van der Waals surface area contributed by atoms with Gasteiger partial charge in [-0.05, 0) is 27.7 Å². The molecular weight excluding hydrogens is 278 g/mol. The number of carbonyl (C=O) groups excluding carboxylic acids is 3. The van der Waals surface area contributed by atoms with Crippen molar-refractivity contribution in [2.75, 3.05) is 0 Å². The lowest BCUT2D eigenvalue weighted by molar-refractivity contribution is -0.120. The van der Waals surface area contributed by atoms with E-state index in [9.17, 15) is 14.4 Å². The van der Waals surface area contributed by atoms with E-state index in [4.69, 9.17) is 10.5 Å². The SMILES string of the molecule is Cc1c(C(=O)OC(C)(C)C)nnn1CCC(=O)NC(N)=O. The van der Waals surface area contributed by atoms with Crippen LogP contribution in [0.5, 0.6) is 0 Å². The van der Waals surface area contributed by atoms with Crippen molar-refractivity contribution in [3.8, 4) is 0 Å². The second-order valence-corrected chi connectivity index (χ2v) is 5.41. The average Bonchev–Trinajstić information content (AvgIpc) is 2.65. The molecule has 116 valence electrons. The van der Waals surface area contributed by atoms with E-state index in [1.54, 1.807) is 27.7 Å². The summed E-state index contributed by atoms with van der Waals surface area (Å²) in [5.41, 5.74) is 4.78. The molecule has 3 amide bonds. The molecule has 0 saturated heterocycles. The van der Waals surface area contributed by atoms with Crippen LogP contribution in [0.1, 0.15) is 43.4 Å². The quantitative estimate of drug-likeness (QED) is 0.760. The number of ether oxygens (including phenoxy) is 1. The molecule has 1 heterocycles. The largest absolute Gasteiger partial charge is 0.455 e. The summed E-state index contributed by atoms with van der Waals surface area (Å²) in [5.74, 6) is -1.11. The Morgan fingerprint density at radius 1 is 1.33 bits per heavy atom. The number of imide groups is 1. The maximum Gasteiger partial charge on any atom is 0.361 e. The third-order valence-corrected chi connectivity index (χ3v) is 2.39. The lowest BCUT2D eigenvalue weighted by atomic mass is 10.2. The van der Waals surface area contributed by atoms with E-state index in [-0.39, 0.29) is 18.7 Å². The first kappa shape index (κ1) is 16.6. The molecule has 0 radical (unpaired) electrons. The van der Waals surface area contributed by atoms with Crippen molar-refractivity contribution in [1.29, 1.82) is 0 Å². The molecule has 0 fully saturated rings. The van der Waals surface area contributed by atoms with Crippen LogP contribution in [0.4, 0.5) is 4.79 Å². The van der Waals surface area contributed by atoms with Crippen LogP contribution < -0.4 is 11.1 Å². The second-order valence-electron chi connectivity index (χ2n) is 5.41. The molecule has 0 unspecified atom stereocenters. The van der Waals surface area contributed by atoms with Crippen molar-refractivity contribution in [1.82, 2.24) is 20.3 Å². The first-order valence-electron chi connectivity index (χ1n) is 6.33. The number of hydrogen-bond acceptors (Lipinski definition) is 6. The van der Waals surface area contributed by atoms with E-state index in [2.05, 4.69) is 10.3 Å². The van der Waals surface area contributed by atoms with Crippen LogP contribution in [-0.2, 0) is 16.1 Å². The average molecular weight is 297 g/mol. The second kappa shape index (κ2) is 6.33. The van der Waals surface area contributed by atoms with Gasteiger partial charge < -0.3 is 10.5 Å². The smallest absolute Gasteiger partial charge is 0.361 e. The van der Waals surface area contributed by atoms with Gasteiger partial charge in [0.05, 0.1) is 12.2 Å². The number of aryl methyl sites for hydroxylation is 1. The number of nitrogens with one attached hydrogen (secondary N) is 1. The van der Waals surface area contributed by atoms with Crippen molar-refractivity contribution in [3.63, 3.8) is 0 Å². The van der Waals surface area contributed by atoms with Crippen LogP contribution >= 0.6 is 0 Å². The minimum Gasteiger partial charge on any atom is -0.455 e. The first-order valence-corrected chi connectivity index (χ1v) is 6.33. The fourth-order valence-corrected chi connectivity index (χ4v) is 1.50. The van der Waals surface area contributed by atoms with Gasteiger partial charge >= 0.3 is 12.0 Å². The minimum absolute atomic E-state index is 0.0130. The summed E-state index contributed by atoms with van der Waals surface area (Å²) in [7, 11) is 0. The maximum absolute atomic E-state index is 11.9. The lowest BCUT2D eigenvalue weighted by Gasteiger charge is -2.18. The molecule has 0 aliphatic heterocycles. The number of urea groups is 1. The number of nitrogens with two attached hydrogens (primary N) is 1. The number of rotatable bonds is 4. The van der Waals surface area contributed by atoms with Crippen molar-refractivity contribution in [2.24, 2.45) is 5.73 Å². The summed E-state index contributed by atoms with van der Waals surface area (Å²) < 4.78 is 6.59. The van der Waals surface area contributed by atoms with Gasteiger partial charge in [0, 0.05) is 6.42 Å². The summed E-state index contributed by atoms with van der Waals surface area (Å²) in [6.45, 7) is 7.06. The van der Waals surface area contributed by atoms with Gasteiger partial charge in [-0.15, -0.1) is 5.10 Å². The molecule has 0 aliphatic carbocycles. The van der Waals surface area contributed by atoms with Crippen LogP contribution in [-0.4, -0.2) is 38.5 Å². The van der Waals surface area contributed by atoms with E-state index in [0.29, 0.717) is 5.69 Å². The molecule has 0 saturated carbocycles. The van der Waals surface area contributed by atoms with Crippen LogP contribution in [0, 0.1) is 6.92 Å². The zero-order chi connectivity index (χ0) is 16.2. The van der Waals surface area contributed by atoms with E-state index in [0.717, 1.165) is 0 Å². The molecule has 1 rings (SSSR count). The van der Waals surface area contributed by atoms with Crippen molar-refractivity contribution < 1.29 is 19.1 Å². The van der Waals surface area contributed by atoms with Gasteiger partial charge in [0.1, 0.15) is 5.60 Å². The molecule has 0 aromatic carbocycles. The van der Waals surface area contributed by atoms with E-state index in [1.807, 2.05) is 5.32 Å². The Bertz CT molecular complexity index is 558. The van der Waals surface area contributed by atoms with Crippen LogP contribution in [0.2, 0.25) is 0 Å². The maximum atomic E-state index is 11.9. The fourth-order valence-electron chi connectivity index (χ4n) is 1.50. The van der Waals surface area contributed by atoms with Gasteiger partial charge in [-0.3, -0.25) is 10.1 Å². The number of primary amides is 1. The van der Waals surface area contributed by atoms with Gasteiger partial charge in [-0.25, -0.2) is 14.3 Å². The molecule has 3 N–H and O–H groups in total. The number of amides is 3. The number of aromatic nitrogens is 3. The lowest BCUT2D eigenvalue weighted by Crippen LogP contribution is -2.35. The summed E-state index contributed by atoms with van der Waals surface area (Å²) in [5, 5.41) is 9.48. The summed E-state index contributed by atoms with van der Waals surface area (Å²) in [4.78, 5) is 33.7. The number of nitrogens with zero attached hydrogens (tertiary/aromatic N) is 3. The number of esters is 1. The minimum atomic E-state index is -0.912. The zero-order valence-corrected chi connectivity index (χ0v) is 12.5. The topological polar surface area (TPSA) is 129 Å². The van der Waals surface area contributed by atoms with E-state index < -0.39 is 23.5 Å². The third kappa shape index (κ3) is 5.21. The summed E-state index contributed by atoms with van der Waals surface area (Å²) >= 11 is 0. The highest BCUT2D eigenvalue weighted by atomic mass is 16.6. The summed E-state index contributed by atoms with van der Waals surface area (Å²) in [6.07, 6.45) is -0.0130. The predicted molar refractivity (Wildman–Crippen MR) is 72.3 cm³/mol. The van der Waals surface area contributed by atoms with Gasteiger partial charge in [-0.1, -0.05) is 5.21 Å². The third-order valence-electron chi connectivity index (χ3n) is 2.39. The molecular formula is C12H19N5O4. The Morgan fingerprint density at radius 3 is 2.48 bits per heavy atom. The normalized spacial score (nSPS) is 11.0. The molecule has 9 nitrogen and oxygen atoms in total. The van der Waals surface area contributed by atoms with Crippen molar-refractivity contribution in [2.45, 2.75) is 46.3 Å². The molecule has 9 heteroatoms. The Hall–Kier alpha value is -2.45. The van der Waals surface area contributed by atoms with Crippen LogP contribution in [0.3, 0.4) is 0 Å². The van der Waals surface area contributed by atoms with Crippen molar-refractivity contribution in [3.05, 3.63) is 11.4 Å². The highest BCUT2D eigenvalue weighted by Crippen LogP contribution is 2.13. The highest BCUT2D eigenvalue weighted by Gasteiger charge is 2.23. The van der Waals surface area contributed by atoms with Gasteiger partial charge in [-0.2, -0.15) is 0 Å². The van der Waals surface area contributed by atoms with Crippen molar-refractivity contribution >= 4 is 17.9 Å². The Labute approximate surface area is 121 Å². The molecule has 1 aromatic heterocycles. The zero-order valence-electron chi connectivity index (χ0n) is 12.5. The molecule has 0 bridgehead atoms. The monoisotopic (exact) mass is 297 g/mol. The fraction of sp³-hybridized carbons (Fsp3) is 0.583. The molecule has 0 atom stereocenters.